The summed E-state index contributed by atoms with van der Waals surface area (Å²) in [6, 6.07) is 15.0. The molecule has 2 amide bonds. The van der Waals surface area contributed by atoms with Crippen LogP contribution in [0.3, 0.4) is 0 Å². The van der Waals surface area contributed by atoms with Gasteiger partial charge in [-0.15, -0.1) is 0 Å². The van der Waals surface area contributed by atoms with E-state index in [-0.39, 0.29) is 24.9 Å². The zero-order valence-electron chi connectivity index (χ0n) is 18.1. The highest BCUT2D eigenvalue weighted by Gasteiger charge is 2.33. The lowest BCUT2D eigenvalue weighted by Gasteiger charge is -2.33. The number of hydrogen-bond donors (Lipinski definition) is 2. The highest BCUT2D eigenvalue weighted by atomic mass is 16.5. The normalized spacial score (nSPS) is 18.4. The van der Waals surface area contributed by atoms with Gasteiger partial charge in [0.15, 0.2) is 0 Å². The van der Waals surface area contributed by atoms with Crippen molar-refractivity contribution in [3.8, 4) is 11.1 Å². The number of rotatable bonds is 6. The molecule has 7 nitrogen and oxygen atoms in total. The maximum atomic E-state index is 12.6. The smallest absolute Gasteiger partial charge is 0.407 e. The summed E-state index contributed by atoms with van der Waals surface area (Å²) in [5.41, 5.74) is 4.58. The molecule has 0 saturated carbocycles. The van der Waals surface area contributed by atoms with Crippen molar-refractivity contribution in [3.63, 3.8) is 0 Å². The fraction of sp³-hybridized carbons (Fsp3) is 0.400. The van der Waals surface area contributed by atoms with Gasteiger partial charge in [0.05, 0.1) is 0 Å². The number of benzene rings is 2. The Morgan fingerprint density at radius 3 is 2.31 bits per heavy atom. The molecule has 1 fully saturated rings. The van der Waals surface area contributed by atoms with E-state index in [9.17, 15) is 19.5 Å². The summed E-state index contributed by atoms with van der Waals surface area (Å²) in [5.74, 6) is -1.27. The first kappa shape index (κ1) is 21.9. The topological polar surface area (TPSA) is 95.9 Å². The minimum atomic E-state index is -0.977. The zero-order chi connectivity index (χ0) is 22.7. The summed E-state index contributed by atoms with van der Waals surface area (Å²) in [6.45, 7) is 2.36. The Labute approximate surface area is 187 Å². The Balaban J connectivity index is 1.32. The van der Waals surface area contributed by atoms with Crippen molar-refractivity contribution >= 4 is 18.0 Å². The van der Waals surface area contributed by atoms with Crippen molar-refractivity contribution < 1.29 is 24.2 Å². The van der Waals surface area contributed by atoms with Gasteiger partial charge in [-0.25, -0.2) is 9.59 Å². The number of ether oxygens (including phenoxy) is 1. The summed E-state index contributed by atoms with van der Waals surface area (Å²) >= 11 is 0. The van der Waals surface area contributed by atoms with Gasteiger partial charge < -0.3 is 20.1 Å². The standard InChI is InChI=1S/C25H28N2O5/c1-16(14-23(28)27-13-7-6-12-22(27)24(29)30)26-25(31)32-15-21-19-10-4-2-8-17(19)18-9-3-5-11-20(18)21/h2-5,8-11,16,21-22H,6-7,12-15H2,1H3,(H,26,31)(H,29,30)/t16-,22+/m0/s1. The van der Waals surface area contributed by atoms with Crippen LogP contribution < -0.4 is 5.32 Å². The van der Waals surface area contributed by atoms with Crippen LogP contribution >= 0.6 is 0 Å². The molecule has 1 aliphatic carbocycles. The molecule has 0 spiro atoms. The zero-order valence-corrected chi connectivity index (χ0v) is 18.1. The van der Waals surface area contributed by atoms with Crippen LogP contribution in [0.25, 0.3) is 11.1 Å². The number of carbonyl (C=O) groups is 3. The number of amides is 2. The van der Waals surface area contributed by atoms with Crippen LogP contribution in [0.2, 0.25) is 0 Å². The van der Waals surface area contributed by atoms with Gasteiger partial charge in [0.2, 0.25) is 5.91 Å². The minimum absolute atomic E-state index is 0.0326. The molecule has 32 heavy (non-hydrogen) atoms. The number of likely N-dealkylation sites (tertiary alicyclic amines) is 1. The van der Waals surface area contributed by atoms with E-state index >= 15 is 0 Å². The van der Waals surface area contributed by atoms with Gasteiger partial charge >= 0.3 is 12.1 Å². The number of carbonyl (C=O) groups excluding carboxylic acids is 2. The Kier molecular flexibility index (Phi) is 6.44. The third kappa shape index (κ3) is 4.47. The summed E-state index contributed by atoms with van der Waals surface area (Å²) < 4.78 is 5.53. The van der Waals surface area contributed by atoms with E-state index in [1.807, 2.05) is 24.3 Å². The molecule has 0 bridgehead atoms. The van der Waals surface area contributed by atoms with E-state index in [0.717, 1.165) is 35.1 Å². The molecule has 168 valence electrons. The number of piperidine rings is 1. The summed E-state index contributed by atoms with van der Waals surface area (Å²) in [5, 5.41) is 12.1. The lowest BCUT2D eigenvalue weighted by Crippen LogP contribution is -2.49. The number of nitrogens with zero attached hydrogens (tertiary/aromatic N) is 1. The third-order valence-corrected chi connectivity index (χ3v) is 6.30. The van der Waals surface area contributed by atoms with Gasteiger partial charge in [-0.1, -0.05) is 48.5 Å². The Morgan fingerprint density at radius 1 is 1.06 bits per heavy atom. The Bertz CT molecular complexity index is 975. The fourth-order valence-corrected chi connectivity index (χ4v) is 4.76. The number of carboxylic acid groups (broad SMARTS) is 1. The second kappa shape index (κ2) is 9.42. The Morgan fingerprint density at radius 2 is 1.69 bits per heavy atom. The number of alkyl carbamates (subject to hydrolysis) is 1. The number of aliphatic carboxylic acids is 1. The summed E-state index contributed by atoms with van der Waals surface area (Å²) in [7, 11) is 0. The van der Waals surface area contributed by atoms with E-state index in [0.29, 0.717) is 13.0 Å². The van der Waals surface area contributed by atoms with Gasteiger partial charge in [0, 0.05) is 24.9 Å². The molecule has 1 saturated heterocycles. The van der Waals surface area contributed by atoms with Gasteiger partial charge in [0.25, 0.3) is 0 Å². The van der Waals surface area contributed by atoms with Crippen LogP contribution in [0.5, 0.6) is 0 Å². The number of hydrogen-bond acceptors (Lipinski definition) is 4. The number of carboxylic acids is 1. The second-order valence-electron chi connectivity index (χ2n) is 8.51. The van der Waals surface area contributed by atoms with Crippen LogP contribution in [0.4, 0.5) is 4.79 Å². The van der Waals surface area contributed by atoms with Crippen LogP contribution in [-0.2, 0) is 14.3 Å². The van der Waals surface area contributed by atoms with Crippen molar-refractivity contribution in [1.82, 2.24) is 10.2 Å². The maximum Gasteiger partial charge on any atom is 0.407 e. The van der Waals surface area contributed by atoms with Crippen molar-refractivity contribution in [2.45, 2.75) is 50.6 Å². The highest BCUT2D eigenvalue weighted by Crippen LogP contribution is 2.44. The average molecular weight is 437 g/mol. The van der Waals surface area contributed by atoms with Gasteiger partial charge in [-0.3, -0.25) is 4.79 Å². The molecule has 0 aromatic heterocycles. The number of fused-ring (bicyclic) bond motifs is 3. The molecule has 2 aromatic rings. The Hall–Kier alpha value is -3.35. The first-order chi connectivity index (χ1) is 15.5. The van der Waals surface area contributed by atoms with Crippen molar-refractivity contribution in [2.75, 3.05) is 13.2 Å². The molecule has 0 radical (unpaired) electrons. The van der Waals surface area contributed by atoms with Crippen LogP contribution in [0, 0.1) is 0 Å². The largest absolute Gasteiger partial charge is 0.480 e. The molecule has 1 aliphatic heterocycles. The minimum Gasteiger partial charge on any atom is -0.480 e. The third-order valence-electron chi connectivity index (χ3n) is 6.30. The van der Waals surface area contributed by atoms with Gasteiger partial charge in [-0.2, -0.15) is 0 Å². The lowest BCUT2D eigenvalue weighted by molar-refractivity contribution is -0.152. The molecule has 7 heteroatoms. The van der Waals surface area contributed by atoms with Crippen molar-refractivity contribution in [3.05, 3.63) is 59.7 Å². The fourth-order valence-electron chi connectivity index (χ4n) is 4.76. The van der Waals surface area contributed by atoms with E-state index < -0.39 is 24.1 Å². The number of nitrogens with one attached hydrogen (secondary N) is 1. The van der Waals surface area contributed by atoms with E-state index in [4.69, 9.17) is 4.74 Å². The highest BCUT2D eigenvalue weighted by molar-refractivity contribution is 5.84. The molecule has 1 heterocycles. The average Bonchev–Trinajstić information content (AvgIpc) is 3.11. The first-order valence-corrected chi connectivity index (χ1v) is 11.1. The molecular formula is C25H28N2O5. The monoisotopic (exact) mass is 436 g/mol. The molecule has 2 aromatic carbocycles. The maximum absolute atomic E-state index is 12.6. The van der Waals surface area contributed by atoms with Gasteiger partial charge in [-0.05, 0) is 48.4 Å². The van der Waals surface area contributed by atoms with Gasteiger partial charge in [0.1, 0.15) is 12.6 Å². The summed E-state index contributed by atoms with van der Waals surface area (Å²) in [6.07, 6.45) is 1.52. The predicted molar refractivity (Wildman–Crippen MR) is 119 cm³/mol. The van der Waals surface area contributed by atoms with E-state index in [2.05, 4.69) is 29.6 Å². The molecule has 2 aliphatic rings. The molecule has 2 N–H and O–H groups in total. The lowest BCUT2D eigenvalue weighted by atomic mass is 9.98. The molecule has 2 atom stereocenters. The van der Waals surface area contributed by atoms with Crippen LogP contribution in [0.1, 0.15) is 49.7 Å². The van der Waals surface area contributed by atoms with Crippen molar-refractivity contribution in [1.29, 1.82) is 0 Å². The molecular weight excluding hydrogens is 408 g/mol. The summed E-state index contributed by atoms with van der Waals surface area (Å²) in [4.78, 5) is 37.9. The quantitative estimate of drug-likeness (QED) is 0.719. The predicted octanol–water partition coefficient (Wildman–Crippen LogP) is 3.77. The van der Waals surface area contributed by atoms with E-state index in [1.165, 1.54) is 4.90 Å². The van der Waals surface area contributed by atoms with Crippen LogP contribution in [-0.4, -0.2) is 53.2 Å². The molecule has 4 rings (SSSR count). The SMILES string of the molecule is C[C@@H](CC(=O)N1CCCC[C@@H]1C(=O)O)NC(=O)OCC1c2ccccc2-c2ccccc21. The molecule has 0 unspecified atom stereocenters. The first-order valence-electron chi connectivity index (χ1n) is 11.1. The van der Waals surface area contributed by atoms with E-state index in [1.54, 1.807) is 6.92 Å². The van der Waals surface area contributed by atoms with Crippen molar-refractivity contribution in [2.24, 2.45) is 0 Å². The second-order valence-corrected chi connectivity index (χ2v) is 8.51. The van der Waals surface area contributed by atoms with Crippen LogP contribution in [0.15, 0.2) is 48.5 Å².